The van der Waals surface area contributed by atoms with Crippen LogP contribution in [-0.4, -0.2) is 20.5 Å². The topological polar surface area (TPSA) is 54.6 Å². The summed E-state index contributed by atoms with van der Waals surface area (Å²) >= 11 is 4.22. The summed E-state index contributed by atoms with van der Waals surface area (Å²) < 4.78 is 15.2. The fraction of sp³-hybridized carbons (Fsp3) is 0. The quantitative estimate of drug-likeness (QED) is 0.774. The van der Waals surface area contributed by atoms with Gasteiger partial charge in [0.15, 0.2) is 4.96 Å². The number of aromatic nitrogens is 2. The van der Waals surface area contributed by atoms with Crippen LogP contribution in [0.15, 0.2) is 35.1 Å². The lowest BCUT2D eigenvalue weighted by molar-refractivity contribution is 0.0702. The number of carbonyl (C=O) groups is 1. The summed E-state index contributed by atoms with van der Waals surface area (Å²) in [5.74, 6) is -1.31. The van der Waals surface area contributed by atoms with Crippen molar-refractivity contribution in [2.24, 2.45) is 0 Å². The maximum absolute atomic E-state index is 13.2. The Kier molecular flexibility index (Phi) is 2.87. The van der Waals surface area contributed by atoms with Crippen LogP contribution < -0.4 is 0 Å². The van der Waals surface area contributed by atoms with Crippen LogP contribution in [0.5, 0.6) is 0 Å². The zero-order chi connectivity index (χ0) is 13.6. The van der Waals surface area contributed by atoms with Crippen LogP contribution in [0.3, 0.4) is 0 Å². The van der Waals surface area contributed by atoms with Gasteiger partial charge in [0, 0.05) is 18.0 Å². The number of rotatable bonds is 2. The fourth-order valence-electron chi connectivity index (χ4n) is 1.69. The molecule has 0 aliphatic rings. The number of hydrogen-bond acceptors (Lipinski definition) is 3. The van der Waals surface area contributed by atoms with Gasteiger partial charge >= 0.3 is 5.97 Å². The number of benzene rings is 1. The average Bonchev–Trinajstić information content (AvgIpc) is 2.90. The van der Waals surface area contributed by atoms with Crippen LogP contribution in [0.1, 0.15) is 9.67 Å². The zero-order valence-electron chi connectivity index (χ0n) is 9.30. The second-order valence-electron chi connectivity index (χ2n) is 3.85. The van der Waals surface area contributed by atoms with Crippen LogP contribution in [0.4, 0.5) is 4.39 Å². The van der Waals surface area contributed by atoms with E-state index in [4.69, 9.17) is 5.11 Å². The molecular weight excluding hydrogens is 335 g/mol. The highest BCUT2D eigenvalue weighted by atomic mass is 79.9. The van der Waals surface area contributed by atoms with Crippen molar-refractivity contribution in [3.05, 3.63) is 45.8 Å². The highest BCUT2D eigenvalue weighted by Crippen LogP contribution is 2.27. The van der Waals surface area contributed by atoms with E-state index in [0.29, 0.717) is 15.1 Å². The molecule has 0 atom stereocenters. The summed E-state index contributed by atoms with van der Waals surface area (Å²) in [6.07, 6.45) is 3.23. The first-order valence-corrected chi connectivity index (χ1v) is 6.83. The molecule has 3 aromatic rings. The van der Waals surface area contributed by atoms with Crippen LogP contribution in [-0.2, 0) is 0 Å². The Labute approximate surface area is 119 Å². The van der Waals surface area contributed by atoms with Crippen molar-refractivity contribution < 1.29 is 14.3 Å². The number of nitrogens with zero attached hydrogens (tertiary/aromatic N) is 2. The maximum Gasteiger partial charge on any atom is 0.347 e. The van der Waals surface area contributed by atoms with Gasteiger partial charge in [0.1, 0.15) is 10.7 Å². The van der Waals surface area contributed by atoms with Crippen molar-refractivity contribution in [2.75, 3.05) is 0 Å². The molecule has 4 nitrogen and oxygen atoms in total. The highest BCUT2D eigenvalue weighted by Gasteiger charge is 2.12. The Hall–Kier alpha value is -1.73. The smallest absolute Gasteiger partial charge is 0.347 e. The minimum absolute atomic E-state index is 0.231. The summed E-state index contributed by atoms with van der Waals surface area (Å²) in [6.45, 7) is 0. The largest absolute Gasteiger partial charge is 0.477 e. The third kappa shape index (κ3) is 2.15. The van der Waals surface area contributed by atoms with E-state index >= 15 is 0 Å². The molecule has 19 heavy (non-hydrogen) atoms. The van der Waals surface area contributed by atoms with Gasteiger partial charge in [0.05, 0.1) is 10.2 Å². The van der Waals surface area contributed by atoms with Crippen LogP contribution in [0, 0.1) is 5.82 Å². The van der Waals surface area contributed by atoms with Gasteiger partial charge < -0.3 is 5.11 Å². The van der Waals surface area contributed by atoms with E-state index in [1.807, 2.05) is 0 Å². The van der Waals surface area contributed by atoms with Gasteiger partial charge in [-0.05, 0) is 34.1 Å². The molecule has 96 valence electrons. The predicted octanol–water partition coefficient (Wildman–Crippen LogP) is 3.66. The molecule has 0 amide bonds. The number of fused-ring (bicyclic) bond motifs is 1. The zero-order valence-corrected chi connectivity index (χ0v) is 11.7. The van der Waals surface area contributed by atoms with Gasteiger partial charge in [-0.25, -0.2) is 14.2 Å². The first-order valence-electron chi connectivity index (χ1n) is 5.22. The number of imidazole rings is 1. The van der Waals surface area contributed by atoms with Crippen molar-refractivity contribution in [3.63, 3.8) is 0 Å². The molecule has 0 fully saturated rings. The molecule has 0 aliphatic heterocycles. The van der Waals surface area contributed by atoms with Gasteiger partial charge in [-0.2, -0.15) is 0 Å². The molecule has 0 saturated carbocycles. The van der Waals surface area contributed by atoms with Gasteiger partial charge in [-0.3, -0.25) is 4.40 Å². The molecule has 0 spiro atoms. The van der Waals surface area contributed by atoms with E-state index in [9.17, 15) is 9.18 Å². The molecule has 2 heterocycles. The monoisotopic (exact) mass is 340 g/mol. The van der Waals surface area contributed by atoms with E-state index in [1.54, 1.807) is 22.7 Å². The van der Waals surface area contributed by atoms with E-state index in [1.165, 1.54) is 12.3 Å². The third-order valence-electron chi connectivity index (χ3n) is 2.58. The van der Waals surface area contributed by atoms with Crippen molar-refractivity contribution >= 4 is 38.2 Å². The number of thiazole rings is 1. The van der Waals surface area contributed by atoms with Crippen LogP contribution >= 0.6 is 27.3 Å². The van der Waals surface area contributed by atoms with E-state index in [-0.39, 0.29) is 10.7 Å². The second kappa shape index (κ2) is 4.43. The number of carboxylic acids is 1. The molecule has 7 heteroatoms. The maximum atomic E-state index is 13.2. The lowest BCUT2D eigenvalue weighted by Crippen LogP contribution is -1.90. The van der Waals surface area contributed by atoms with Gasteiger partial charge in [0.25, 0.3) is 0 Å². The Morgan fingerprint density at radius 3 is 2.84 bits per heavy atom. The summed E-state index contributed by atoms with van der Waals surface area (Å²) in [5, 5.41) is 8.88. The minimum atomic E-state index is -0.971. The highest BCUT2D eigenvalue weighted by molar-refractivity contribution is 9.10. The number of carboxylic acid groups (broad SMARTS) is 1. The molecule has 1 aromatic carbocycles. The molecule has 0 saturated heterocycles. The molecule has 0 unspecified atom stereocenters. The van der Waals surface area contributed by atoms with E-state index in [2.05, 4.69) is 20.9 Å². The normalized spacial score (nSPS) is 11.1. The Balaban J connectivity index is 2.08. The standard InChI is InChI=1S/C12H6BrFN2O2S/c13-7-3-6(1-2-8(7)14)9-4-16-5-10(11(17)18)19-12(16)15-9/h1-5H,(H,17,18). The number of halogens is 2. The first-order chi connectivity index (χ1) is 9.04. The summed E-state index contributed by atoms with van der Waals surface area (Å²) in [7, 11) is 0. The Morgan fingerprint density at radius 2 is 2.21 bits per heavy atom. The lowest BCUT2D eigenvalue weighted by atomic mass is 10.2. The molecule has 2 aromatic heterocycles. The second-order valence-corrected chi connectivity index (χ2v) is 5.71. The van der Waals surface area contributed by atoms with Crippen molar-refractivity contribution in [1.29, 1.82) is 0 Å². The van der Waals surface area contributed by atoms with Crippen molar-refractivity contribution in [1.82, 2.24) is 9.38 Å². The van der Waals surface area contributed by atoms with Crippen LogP contribution in [0.25, 0.3) is 16.2 Å². The minimum Gasteiger partial charge on any atom is -0.477 e. The lowest BCUT2D eigenvalue weighted by Gasteiger charge is -1.98. The van der Waals surface area contributed by atoms with Gasteiger partial charge in [-0.1, -0.05) is 11.3 Å². The summed E-state index contributed by atoms with van der Waals surface area (Å²) in [6, 6.07) is 4.63. The number of aromatic carboxylic acids is 1. The fourth-order valence-corrected chi connectivity index (χ4v) is 2.87. The molecule has 0 aliphatic carbocycles. The molecular formula is C12H6BrFN2O2S. The molecule has 3 rings (SSSR count). The van der Waals surface area contributed by atoms with E-state index in [0.717, 1.165) is 16.9 Å². The Morgan fingerprint density at radius 1 is 1.42 bits per heavy atom. The third-order valence-corrected chi connectivity index (χ3v) is 4.17. The molecule has 1 N–H and O–H groups in total. The summed E-state index contributed by atoms with van der Waals surface area (Å²) in [4.78, 5) is 16.0. The SMILES string of the molecule is O=C(O)c1cn2cc(-c3ccc(F)c(Br)c3)nc2s1. The predicted molar refractivity (Wildman–Crippen MR) is 73.1 cm³/mol. The van der Waals surface area contributed by atoms with Crippen molar-refractivity contribution in [2.45, 2.75) is 0 Å². The average molecular weight is 341 g/mol. The van der Waals surface area contributed by atoms with E-state index < -0.39 is 5.97 Å². The van der Waals surface area contributed by atoms with Crippen molar-refractivity contribution in [3.8, 4) is 11.3 Å². The van der Waals surface area contributed by atoms with Gasteiger partial charge in [0.2, 0.25) is 0 Å². The Bertz CT molecular complexity index is 765. The van der Waals surface area contributed by atoms with Gasteiger partial charge in [-0.15, -0.1) is 0 Å². The number of hydrogen-bond donors (Lipinski definition) is 1. The summed E-state index contributed by atoms with van der Waals surface area (Å²) in [5.41, 5.74) is 1.44. The van der Waals surface area contributed by atoms with Crippen LogP contribution in [0.2, 0.25) is 0 Å². The molecule has 0 bridgehead atoms. The molecule has 0 radical (unpaired) electrons. The first kappa shape index (κ1) is 12.3.